The summed E-state index contributed by atoms with van der Waals surface area (Å²) in [6, 6.07) is 28.1. The number of likely N-dealkylation sites (tertiary alicyclic amines) is 1. The highest BCUT2D eigenvalue weighted by atomic mass is 16.7. The smallest absolute Gasteiger partial charge is 0.339 e. The second kappa shape index (κ2) is 16.3. The van der Waals surface area contributed by atoms with E-state index in [4.69, 9.17) is 37.9 Å². The van der Waals surface area contributed by atoms with Gasteiger partial charge in [-0.25, -0.2) is 19.2 Å². The van der Waals surface area contributed by atoms with Gasteiger partial charge in [0.05, 0.1) is 23.8 Å². The fourth-order valence-corrected chi connectivity index (χ4v) is 9.63. The van der Waals surface area contributed by atoms with Crippen molar-refractivity contribution < 1.29 is 61.9 Å². The topological polar surface area (TPSA) is 162 Å². The lowest BCUT2D eigenvalue weighted by molar-refractivity contribution is -0.305. The van der Waals surface area contributed by atoms with Gasteiger partial charge in [-0.2, -0.15) is 0 Å². The second-order valence-electron chi connectivity index (χ2n) is 15.8. The molecule has 4 aromatic carbocycles. The van der Waals surface area contributed by atoms with Crippen molar-refractivity contribution in [2.45, 2.75) is 74.1 Å². The van der Waals surface area contributed by atoms with Gasteiger partial charge in [-0.3, -0.25) is 4.79 Å². The van der Waals surface area contributed by atoms with E-state index in [1.807, 2.05) is 12.1 Å². The molecule has 9 rings (SSSR count). The highest BCUT2D eigenvalue weighted by molar-refractivity contribution is 5.91. The minimum absolute atomic E-state index is 0.0134. The van der Waals surface area contributed by atoms with Crippen molar-refractivity contribution in [1.29, 1.82) is 0 Å². The zero-order valence-electron chi connectivity index (χ0n) is 33.5. The van der Waals surface area contributed by atoms with Crippen molar-refractivity contribution in [3.05, 3.63) is 143 Å². The van der Waals surface area contributed by atoms with Gasteiger partial charge in [-0.1, -0.05) is 72.8 Å². The first-order chi connectivity index (χ1) is 29.6. The van der Waals surface area contributed by atoms with Crippen LogP contribution >= 0.6 is 0 Å². The van der Waals surface area contributed by atoms with E-state index in [-0.39, 0.29) is 34.4 Å². The maximum absolute atomic E-state index is 14.0. The molecule has 5 aliphatic rings. The Kier molecular flexibility index (Phi) is 10.7. The van der Waals surface area contributed by atoms with Crippen molar-refractivity contribution >= 4 is 29.8 Å². The average Bonchev–Trinajstić information content (AvgIpc) is 3.64. The molecule has 1 spiro atoms. The summed E-state index contributed by atoms with van der Waals surface area (Å²) in [6.45, 7) is 2.07. The van der Waals surface area contributed by atoms with Crippen LogP contribution in [0.3, 0.4) is 0 Å². The number of benzene rings is 4. The predicted molar refractivity (Wildman–Crippen MR) is 214 cm³/mol. The maximum atomic E-state index is 14.0. The van der Waals surface area contributed by atoms with Crippen molar-refractivity contribution in [3.63, 3.8) is 0 Å². The molecular weight excluding hydrogens is 787 g/mol. The Bertz CT molecular complexity index is 2370. The fraction of sp³-hybridized carbons (Fsp3) is 0.340. The van der Waals surface area contributed by atoms with Crippen LogP contribution in [0.15, 0.2) is 115 Å². The molecular formula is C47H43NO13. The van der Waals surface area contributed by atoms with Gasteiger partial charge >= 0.3 is 29.8 Å². The van der Waals surface area contributed by atoms with E-state index in [9.17, 15) is 24.0 Å². The lowest BCUT2D eigenvalue weighted by Gasteiger charge is -2.57. The van der Waals surface area contributed by atoms with Crippen LogP contribution in [0, 0.1) is 5.92 Å². The van der Waals surface area contributed by atoms with Crippen LogP contribution in [0.5, 0.6) is 11.5 Å². The number of hydrogen-bond acceptors (Lipinski definition) is 14. The number of hydrogen-bond donors (Lipinski definition) is 0. The molecule has 0 unspecified atom stereocenters. The van der Waals surface area contributed by atoms with Crippen molar-refractivity contribution in [2.24, 2.45) is 5.92 Å². The first-order valence-corrected chi connectivity index (χ1v) is 20.1. The van der Waals surface area contributed by atoms with Gasteiger partial charge in [0.25, 0.3) is 0 Å². The fourth-order valence-electron chi connectivity index (χ4n) is 9.63. The summed E-state index contributed by atoms with van der Waals surface area (Å²) in [4.78, 5) is 70.2. The van der Waals surface area contributed by atoms with E-state index in [0.717, 1.165) is 31.2 Å². The Morgan fingerprint density at radius 2 is 1.30 bits per heavy atom. The third-order valence-electron chi connectivity index (χ3n) is 12.3. The van der Waals surface area contributed by atoms with E-state index in [2.05, 4.69) is 18.0 Å². The maximum Gasteiger partial charge on any atom is 0.339 e. The van der Waals surface area contributed by atoms with Gasteiger partial charge in [-0.15, -0.1) is 0 Å². The van der Waals surface area contributed by atoms with Gasteiger partial charge in [0.2, 0.25) is 6.29 Å². The number of esters is 5. The van der Waals surface area contributed by atoms with Gasteiger partial charge in [0.15, 0.2) is 35.9 Å². The molecule has 0 radical (unpaired) electrons. The molecule has 0 aromatic heterocycles. The number of piperidine rings is 1. The number of carbonyl (C=O) groups excluding carboxylic acids is 5. The Morgan fingerprint density at radius 3 is 1.87 bits per heavy atom. The number of rotatable bonds is 10. The highest BCUT2D eigenvalue weighted by Gasteiger charge is 2.66. The third kappa shape index (κ3) is 7.13. The first kappa shape index (κ1) is 40.1. The predicted octanol–water partition coefficient (Wildman–Crippen LogP) is 5.02. The van der Waals surface area contributed by atoms with Crippen molar-refractivity contribution in [3.8, 4) is 11.5 Å². The van der Waals surface area contributed by atoms with E-state index in [1.165, 1.54) is 31.2 Å². The van der Waals surface area contributed by atoms with E-state index < -0.39 is 78.2 Å². The zero-order chi connectivity index (χ0) is 42.4. The molecule has 0 amide bonds. The summed E-state index contributed by atoms with van der Waals surface area (Å²) >= 11 is 0. The van der Waals surface area contributed by atoms with Crippen LogP contribution in [0.25, 0.3) is 0 Å². The lowest BCUT2D eigenvalue weighted by atomic mass is 9.53. The van der Waals surface area contributed by atoms with Gasteiger partial charge in [0, 0.05) is 29.9 Å². The molecule has 2 aliphatic carbocycles. The Hall–Kier alpha value is -6.35. The van der Waals surface area contributed by atoms with Crippen LogP contribution in [-0.4, -0.2) is 104 Å². The number of methoxy groups -OCH3 is 1. The highest BCUT2D eigenvalue weighted by Crippen LogP contribution is 2.63. The molecule has 3 heterocycles. The largest absolute Gasteiger partial charge is 0.482 e. The molecule has 0 saturated carbocycles. The SMILES string of the molecule is COC(=O)[C@H]1O[C@@H](O[C@H]2C=C[C@H]3[C@H]4Cc5ccc(OC(C)=O)c6c5[C@@]3(CCN4C)[C@H]2O6)[C@H](OC(=O)c2ccccc2)[C@@H](OC(=O)c2ccccc2)[C@@H]1OC(=O)c1ccccc1. The van der Waals surface area contributed by atoms with Crippen LogP contribution < -0.4 is 9.47 Å². The zero-order valence-corrected chi connectivity index (χ0v) is 33.5. The second-order valence-corrected chi connectivity index (χ2v) is 15.8. The summed E-state index contributed by atoms with van der Waals surface area (Å²) in [7, 11) is 3.24. The summed E-state index contributed by atoms with van der Waals surface area (Å²) in [6.07, 6.45) is -4.71. The Balaban J connectivity index is 1.14. The molecule has 2 bridgehead atoms. The molecule has 2 fully saturated rings. The summed E-state index contributed by atoms with van der Waals surface area (Å²) in [5.41, 5.74) is 1.81. The standard InChI is InChI=1S/C47H43NO13/c1-26(49)55-33-21-19-30-25-32-31-20-22-34(41-47(31,23-24-48(32)2)35(30)36(33)57-41)56-46-40(60-44(52)29-17-11-6-12-18-29)38(59-43(51)28-15-9-5-10-16-28)37(39(61-46)45(53)54-3)58-42(50)27-13-7-4-8-14-27/h4-22,31-32,34,37-41,46H,23-25H2,1-3H3/t31-,32+,34-,37-,38-,39-,40+,41-,46+,47-/m0/s1. The first-order valence-electron chi connectivity index (χ1n) is 20.1. The molecule has 4 aromatic rings. The molecule has 61 heavy (non-hydrogen) atoms. The molecule has 10 atom stereocenters. The molecule has 14 nitrogen and oxygen atoms in total. The Morgan fingerprint density at radius 1 is 0.721 bits per heavy atom. The molecule has 14 heteroatoms. The van der Waals surface area contributed by atoms with Crippen molar-refractivity contribution in [1.82, 2.24) is 4.90 Å². The molecule has 314 valence electrons. The van der Waals surface area contributed by atoms with Crippen molar-refractivity contribution in [2.75, 3.05) is 20.7 Å². The normalized spacial score (nSPS) is 29.3. The van der Waals surface area contributed by atoms with Crippen LogP contribution in [-0.2, 0) is 49.8 Å². The van der Waals surface area contributed by atoms with Gasteiger partial charge in [0.1, 0.15) is 12.2 Å². The van der Waals surface area contributed by atoms with Crippen LogP contribution in [0.4, 0.5) is 0 Å². The minimum Gasteiger partial charge on any atom is -0.482 e. The van der Waals surface area contributed by atoms with E-state index >= 15 is 0 Å². The number of ether oxygens (including phenoxy) is 8. The minimum atomic E-state index is -1.74. The lowest BCUT2D eigenvalue weighted by Crippen LogP contribution is -2.67. The Labute approximate surface area is 351 Å². The number of nitrogens with zero attached hydrogens (tertiary/aromatic N) is 1. The van der Waals surface area contributed by atoms with E-state index in [0.29, 0.717) is 12.2 Å². The molecule has 2 saturated heterocycles. The average molecular weight is 830 g/mol. The third-order valence-corrected chi connectivity index (χ3v) is 12.3. The van der Waals surface area contributed by atoms with Crippen LogP contribution in [0.2, 0.25) is 0 Å². The van der Waals surface area contributed by atoms with E-state index in [1.54, 1.807) is 72.8 Å². The monoisotopic (exact) mass is 829 g/mol. The molecule has 0 N–H and O–H groups in total. The summed E-state index contributed by atoms with van der Waals surface area (Å²) in [5, 5.41) is 0. The number of likely N-dealkylation sites (N-methyl/N-ethyl adjacent to an activating group) is 1. The summed E-state index contributed by atoms with van der Waals surface area (Å²) < 4.78 is 49.4. The summed E-state index contributed by atoms with van der Waals surface area (Å²) in [5.74, 6) is -3.32. The quantitative estimate of drug-likeness (QED) is 0.0907. The van der Waals surface area contributed by atoms with Crippen LogP contribution in [0.1, 0.15) is 55.5 Å². The van der Waals surface area contributed by atoms with Gasteiger partial charge in [-0.05, 0) is 74.5 Å². The van der Waals surface area contributed by atoms with Gasteiger partial charge < -0.3 is 42.8 Å². The molecule has 3 aliphatic heterocycles. The number of carbonyl (C=O) groups is 5.